The van der Waals surface area contributed by atoms with Crippen molar-refractivity contribution in [1.82, 2.24) is 5.32 Å². The van der Waals surface area contributed by atoms with Crippen LogP contribution >= 0.6 is 12.6 Å². The average Bonchev–Trinajstić information content (AvgIpc) is 1.98. The fraction of sp³-hybridized carbons (Fsp3) is 0.667. The largest absolute Gasteiger partial charge is 0.480 e. The number of carbonyl (C=O) groups excluding carboxylic acids is 1. The molecule has 0 bridgehead atoms. The van der Waals surface area contributed by atoms with Gasteiger partial charge in [0.25, 0.3) is 0 Å². The van der Waals surface area contributed by atoms with Crippen molar-refractivity contribution in [2.45, 2.75) is 18.2 Å². The van der Waals surface area contributed by atoms with Crippen LogP contribution in [0.15, 0.2) is 0 Å². The first kappa shape index (κ1) is 11.2. The number of rotatable bonds is 4. The van der Waals surface area contributed by atoms with Crippen molar-refractivity contribution in [3.8, 4) is 0 Å². The van der Waals surface area contributed by atoms with Gasteiger partial charge < -0.3 is 16.2 Å². The highest BCUT2D eigenvalue weighted by atomic mass is 32.1. The van der Waals surface area contributed by atoms with Gasteiger partial charge in [-0.25, -0.2) is 0 Å². The molecule has 0 saturated heterocycles. The standard InChI is InChI=1S/C6H12N2O3S/c1-3(9)8-2-4(12)5(7)6(10)11/h4-5,12H,2,7H2,1H3,(H,8,9)(H,10,11)/t4?,5-/m0/s1. The third-order valence-electron chi connectivity index (χ3n) is 1.26. The third kappa shape index (κ3) is 4.20. The van der Waals surface area contributed by atoms with E-state index < -0.39 is 17.3 Å². The summed E-state index contributed by atoms with van der Waals surface area (Å²) < 4.78 is 0. The number of nitrogens with one attached hydrogen (secondary N) is 1. The van der Waals surface area contributed by atoms with Crippen LogP contribution in [0.2, 0.25) is 0 Å². The maximum absolute atomic E-state index is 10.4. The molecule has 5 nitrogen and oxygen atoms in total. The maximum atomic E-state index is 10.4. The van der Waals surface area contributed by atoms with Gasteiger partial charge in [-0.1, -0.05) is 0 Å². The Labute approximate surface area is 75.7 Å². The Hall–Kier alpha value is -0.750. The summed E-state index contributed by atoms with van der Waals surface area (Å²) in [6.07, 6.45) is 0. The highest BCUT2D eigenvalue weighted by Gasteiger charge is 2.20. The van der Waals surface area contributed by atoms with Crippen LogP contribution in [0.1, 0.15) is 6.92 Å². The van der Waals surface area contributed by atoms with Crippen LogP contribution in [0.25, 0.3) is 0 Å². The Kier molecular flexibility index (Phi) is 4.68. The lowest BCUT2D eigenvalue weighted by atomic mass is 10.2. The zero-order valence-corrected chi connectivity index (χ0v) is 7.54. The van der Waals surface area contributed by atoms with E-state index in [4.69, 9.17) is 10.8 Å². The second-order valence-electron chi connectivity index (χ2n) is 2.37. The van der Waals surface area contributed by atoms with Crippen molar-refractivity contribution in [1.29, 1.82) is 0 Å². The molecule has 0 saturated carbocycles. The Morgan fingerprint density at radius 2 is 2.17 bits per heavy atom. The molecule has 12 heavy (non-hydrogen) atoms. The van der Waals surface area contributed by atoms with E-state index in [0.717, 1.165) is 0 Å². The van der Waals surface area contributed by atoms with E-state index in [1.54, 1.807) is 0 Å². The molecule has 2 atom stereocenters. The van der Waals surface area contributed by atoms with Crippen molar-refractivity contribution >= 4 is 24.5 Å². The second kappa shape index (κ2) is 5.00. The normalized spacial score (nSPS) is 14.9. The van der Waals surface area contributed by atoms with Crippen molar-refractivity contribution in [3.63, 3.8) is 0 Å². The van der Waals surface area contributed by atoms with E-state index in [-0.39, 0.29) is 12.5 Å². The highest BCUT2D eigenvalue weighted by Crippen LogP contribution is 1.98. The summed E-state index contributed by atoms with van der Waals surface area (Å²) in [6.45, 7) is 1.50. The summed E-state index contributed by atoms with van der Waals surface area (Å²) in [5.74, 6) is -1.35. The molecule has 1 unspecified atom stereocenters. The SMILES string of the molecule is CC(=O)NCC(S)[C@H](N)C(=O)O. The lowest BCUT2D eigenvalue weighted by Crippen LogP contribution is -2.44. The first-order chi connectivity index (χ1) is 5.45. The number of hydrogen-bond acceptors (Lipinski definition) is 4. The monoisotopic (exact) mass is 192 g/mol. The van der Waals surface area contributed by atoms with Crippen LogP contribution in [0, 0.1) is 0 Å². The van der Waals surface area contributed by atoms with Gasteiger partial charge in [0.15, 0.2) is 0 Å². The Bertz CT molecular complexity index is 186. The van der Waals surface area contributed by atoms with Gasteiger partial charge in [-0.3, -0.25) is 9.59 Å². The predicted octanol–water partition coefficient (Wildman–Crippen LogP) is -1.17. The first-order valence-electron chi connectivity index (χ1n) is 3.36. The Balaban J connectivity index is 3.79. The van der Waals surface area contributed by atoms with E-state index in [9.17, 15) is 9.59 Å². The lowest BCUT2D eigenvalue weighted by Gasteiger charge is -2.14. The fourth-order valence-corrected chi connectivity index (χ4v) is 0.759. The number of thiol groups is 1. The number of carbonyl (C=O) groups is 2. The lowest BCUT2D eigenvalue weighted by molar-refractivity contribution is -0.138. The van der Waals surface area contributed by atoms with Crippen molar-refractivity contribution < 1.29 is 14.7 Å². The van der Waals surface area contributed by atoms with Crippen molar-refractivity contribution in [2.75, 3.05) is 6.54 Å². The molecular formula is C6H12N2O3S. The third-order valence-corrected chi connectivity index (χ3v) is 1.76. The minimum Gasteiger partial charge on any atom is -0.480 e. The highest BCUT2D eigenvalue weighted by molar-refractivity contribution is 7.81. The van der Waals surface area contributed by atoms with E-state index >= 15 is 0 Å². The molecule has 0 fully saturated rings. The number of hydrogen-bond donors (Lipinski definition) is 4. The van der Waals surface area contributed by atoms with Gasteiger partial charge in [0.05, 0.1) is 0 Å². The second-order valence-corrected chi connectivity index (χ2v) is 3.03. The fourth-order valence-electron chi connectivity index (χ4n) is 0.540. The zero-order chi connectivity index (χ0) is 9.72. The minimum absolute atomic E-state index is 0.159. The summed E-state index contributed by atoms with van der Waals surface area (Å²) in [5, 5.41) is 10.3. The van der Waals surface area contributed by atoms with Gasteiger partial charge in [-0.15, -0.1) is 0 Å². The van der Waals surface area contributed by atoms with Crippen molar-refractivity contribution in [2.24, 2.45) is 5.73 Å². The van der Waals surface area contributed by atoms with Gasteiger partial charge in [0.1, 0.15) is 6.04 Å². The van der Waals surface area contributed by atoms with Crippen LogP contribution < -0.4 is 11.1 Å². The summed E-state index contributed by atoms with van der Waals surface area (Å²) in [6, 6.07) is -1.06. The maximum Gasteiger partial charge on any atom is 0.321 e. The predicted molar refractivity (Wildman–Crippen MR) is 47.1 cm³/mol. The van der Waals surface area contributed by atoms with E-state index in [1.807, 2.05) is 0 Å². The van der Waals surface area contributed by atoms with Crippen LogP contribution in [-0.2, 0) is 9.59 Å². The molecule has 1 amide bonds. The van der Waals surface area contributed by atoms with Crippen LogP contribution in [0.5, 0.6) is 0 Å². The molecule has 70 valence electrons. The molecule has 0 spiro atoms. The van der Waals surface area contributed by atoms with E-state index in [1.165, 1.54) is 6.92 Å². The van der Waals surface area contributed by atoms with Gasteiger partial charge in [-0.05, 0) is 0 Å². The number of amides is 1. The van der Waals surface area contributed by atoms with Gasteiger partial charge in [0, 0.05) is 18.7 Å². The summed E-state index contributed by atoms with van der Waals surface area (Å²) in [7, 11) is 0. The summed E-state index contributed by atoms with van der Waals surface area (Å²) >= 11 is 3.92. The van der Waals surface area contributed by atoms with Crippen LogP contribution in [0.4, 0.5) is 0 Å². The van der Waals surface area contributed by atoms with Gasteiger partial charge in [-0.2, -0.15) is 12.6 Å². The number of carboxylic acids is 1. The molecule has 0 radical (unpaired) electrons. The molecule has 0 aromatic rings. The molecule has 0 aliphatic heterocycles. The first-order valence-corrected chi connectivity index (χ1v) is 3.87. The topological polar surface area (TPSA) is 92.4 Å². The van der Waals surface area contributed by atoms with E-state index in [2.05, 4.69) is 17.9 Å². The molecule has 0 rings (SSSR count). The average molecular weight is 192 g/mol. The van der Waals surface area contributed by atoms with E-state index in [0.29, 0.717) is 0 Å². The molecule has 0 heterocycles. The minimum atomic E-state index is -1.12. The van der Waals surface area contributed by atoms with Crippen molar-refractivity contribution in [3.05, 3.63) is 0 Å². The van der Waals surface area contributed by atoms with Gasteiger partial charge in [0.2, 0.25) is 5.91 Å². The zero-order valence-electron chi connectivity index (χ0n) is 6.65. The molecule has 4 N–H and O–H groups in total. The van der Waals surface area contributed by atoms with Crippen LogP contribution in [0.3, 0.4) is 0 Å². The molecule has 0 aromatic carbocycles. The molecular weight excluding hydrogens is 180 g/mol. The molecule has 0 aromatic heterocycles. The number of carboxylic acid groups (broad SMARTS) is 1. The smallest absolute Gasteiger partial charge is 0.321 e. The molecule has 0 aliphatic rings. The number of nitrogens with two attached hydrogens (primary N) is 1. The molecule has 6 heteroatoms. The van der Waals surface area contributed by atoms with Gasteiger partial charge >= 0.3 is 5.97 Å². The summed E-state index contributed by atoms with van der Waals surface area (Å²) in [4.78, 5) is 20.7. The summed E-state index contributed by atoms with van der Waals surface area (Å²) in [5.41, 5.74) is 5.22. The quantitative estimate of drug-likeness (QED) is 0.422. The Morgan fingerprint density at radius 1 is 1.67 bits per heavy atom. The Morgan fingerprint density at radius 3 is 2.50 bits per heavy atom. The van der Waals surface area contributed by atoms with Crippen LogP contribution in [-0.4, -0.2) is 34.8 Å². The molecule has 0 aliphatic carbocycles. The number of aliphatic carboxylic acids is 1.